The van der Waals surface area contributed by atoms with Crippen LogP contribution in [0.3, 0.4) is 0 Å². The first-order chi connectivity index (χ1) is 15.5. The van der Waals surface area contributed by atoms with Crippen molar-refractivity contribution >= 4 is 45.9 Å². The summed E-state index contributed by atoms with van der Waals surface area (Å²) >= 11 is 1.39. The summed E-state index contributed by atoms with van der Waals surface area (Å²) in [5, 5.41) is 13.5. The van der Waals surface area contributed by atoms with Crippen LogP contribution < -0.4 is 5.32 Å². The molecule has 0 spiro atoms. The number of carbonyl (C=O) groups excluding carboxylic acids is 2. The van der Waals surface area contributed by atoms with Crippen molar-refractivity contribution in [2.45, 2.75) is 4.90 Å². The lowest BCUT2D eigenvalue weighted by Gasteiger charge is -2.11. The molecule has 4 aromatic rings. The van der Waals surface area contributed by atoms with E-state index in [1.54, 1.807) is 60.7 Å². The molecule has 0 aromatic heterocycles. The van der Waals surface area contributed by atoms with Gasteiger partial charge in [0, 0.05) is 27.1 Å². The topological polar surface area (TPSA) is 83.5 Å². The smallest absolute Gasteiger partial charge is 0.336 e. The lowest BCUT2D eigenvalue weighted by Crippen LogP contribution is -2.13. The average Bonchev–Trinajstić information content (AvgIpc) is 2.82. The standard InChI is InChI=1S/C26H19NO4S/c28-23(17-7-2-1-3-8-17)16-32-20-12-6-11-19(15-20)27-25(29)21-13-4-9-18-10-5-14-22(24(18)21)26(30)31/h1-15H,16H2,(H,27,29)(H,30,31). The molecule has 4 aromatic carbocycles. The number of hydrogen-bond acceptors (Lipinski definition) is 4. The first kappa shape index (κ1) is 21.3. The number of nitrogens with one attached hydrogen (secondary N) is 1. The van der Waals surface area contributed by atoms with E-state index in [0.29, 0.717) is 22.0 Å². The molecule has 0 aliphatic heterocycles. The van der Waals surface area contributed by atoms with Gasteiger partial charge in [-0.15, -0.1) is 11.8 Å². The van der Waals surface area contributed by atoms with Crippen LogP contribution in [0.1, 0.15) is 31.1 Å². The van der Waals surface area contributed by atoms with E-state index in [-0.39, 0.29) is 22.7 Å². The minimum absolute atomic E-state index is 0.0296. The van der Waals surface area contributed by atoms with Crippen molar-refractivity contribution in [2.75, 3.05) is 11.1 Å². The van der Waals surface area contributed by atoms with E-state index in [1.165, 1.54) is 17.8 Å². The number of aromatic carboxylic acids is 1. The second-order valence-corrected chi connectivity index (χ2v) is 8.12. The fourth-order valence-corrected chi connectivity index (χ4v) is 4.28. The Hall–Kier alpha value is -3.90. The molecular weight excluding hydrogens is 422 g/mol. The van der Waals surface area contributed by atoms with Crippen molar-refractivity contribution in [2.24, 2.45) is 0 Å². The molecule has 0 saturated carbocycles. The number of anilines is 1. The number of carboxylic acids is 1. The summed E-state index contributed by atoms with van der Waals surface area (Å²) in [4.78, 5) is 37.8. The summed E-state index contributed by atoms with van der Waals surface area (Å²) in [5.41, 5.74) is 1.60. The molecule has 4 rings (SSSR count). The molecule has 0 unspecified atom stereocenters. The predicted octanol–water partition coefficient (Wildman–Crippen LogP) is 5.77. The number of benzene rings is 4. The Morgan fingerprint density at radius 3 is 2.19 bits per heavy atom. The van der Waals surface area contributed by atoms with Crippen molar-refractivity contribution in [1.82, 2.24) is 0 Å². The van der Waals surface area contributed by atoms with Crippen molar-refractivity contribution in [3.8, 4) is 0 Å². The summed E-state index contributed by atoms with van der Waals surface area (Å²) in [5.74, 6) is -1.17. The van der Waals surface area contributed by atoms with Crippen LogP contribution >= 0.6 is 11.8 Å². The minimum atomic E-state index is -1.09. The van der Waals surface area contributed by atoms with Crippen LogP contribution in [-0.4, -0.2) is 28.5 Å². The highest BCUT2D eigenvalue weighted by atomic mass is 32.2. The Morgan fingerprint density at radius 2 is 1.47 bits per heavy atom. The van der Waals surface area contributed by atoms with Gasteiger partial charge < -0.3 is 10.4 Å². The quantitative estimate of drug-likeness (QED) is 0.281. The monoisotopic (exact) mass is 441 g/mol. The van der Waals surface area contributed by atoms with Gasteiger partial charge in [-0.2, -0.15) is 0 Å². The molecule has 1 amide bonds. The summed E-state index contributed by atoms with van der Waals surface area (Å²) < 4.78 is 0. The third-order valence-electron chi connectivity index (χ3n) is 4.94. The fourth-order valence-electron chi connectivity index (χ4n) is 3.43. The van der Waals surface area contributed by atoms with E-state index in [9.17, 15) is 19.5 Å². The van der Waals surface area contributed by atoms with Crippen molar-refractivity contribution in [3.63, 3.8) is 0 Å². The molecule has 0 heterocycles. The summed E-state index contributed by atoms with van der Waals surface area (Å²) in [6.45, 7) is 0. The Kier molecular flexibility index (Phi) is 6.33. The van der Waals surface area contributed by atoms with Gasteiger partial charge in [-0.1, -0.05) is 60.7 Å². The SMILES string of the molecule is O=C(CSc1cccc(NC(=O)c2cccc3cccc(C(=O)O)c23)c1)c1ccccc1. The van der Waals surface area contributed by atoms with E-state index in [4.69, 9.17) is 0 Å². The number of ketones is 1. The van der Waals surface area contributed by atoms with Crippen molar-refractivity contribution in [3.05, 3.63) is 108 Å². The molecule has 0 aliphatic carbocycles. The molecule has 158 valence electrons. The highest BCUT2D eigenvalue weighted by Crippen LogP contribution is 2.26. The van der Waals surface area contributed by atoms with Crippen molar-refractivity contribution in [1.29, 1.82) is 0 Å². The molecule has 6 heteroatoms. The third-order valence-corrected chi connectivity index (χ3v) is 5.93. The van der Waals surface area contributed by atoms with Crippen molar-refractivity contribution < 1.29 is 19.5 Å². The van der Waals surface area contributed by atoms with Gasteiger partial charge in [0.1, 0.15) is 0 Å². The molecule has 32 heavy (non-hydrogen) atoms. The number of rotatable bonds is 7. The Bertz CT molecular complexity index is 1310. The number of Topliss-reactive ketones (excluding diaryl/α,β-unsaturated/α-hetero) is 1. The number of carbonyl (C=O) groups is 3. The highest BCUT2D eigenvalue weighted by molar-refractivity contribution is 8.00. The number of carboxylic acid groups (broad SMARTS) is 1. The molecule has 5 nitrogen and oxygen atoms in total. The van der Waals surface area contributed by atoms with Crippen LogP contribution in [0.15, 0.2) is 95.9 Å². The lowest BCUT2D eigenvalue weighted by atomic mass is 9.98. The minimum Gasteiger partial charge on any atom is -0.478 e. The van der Waals surface area contributed by atoms with Gasteiger partial charge in [0.25, 0.3) is 5.91 Å². The van der Waals surface area contributed by atoms with Gasteiger partial charge in [0.2, 0.25) is 0 Å². The van der Waals surface area contributed by atoms with Gasteiger partial charge in [-0.25, -0.2) is 4.79 Å². The molecule has 0 atom stereocenters. The zero-order chi connectivity index (χ0) is 22.5. The van der Waals surface area contributed by atoms with Crippen LogP contribution in [0.2, 0.25) is 0 Å². The normalized spacial score (nSPS) is 10.6. The lowest BCUT2D eigenvalue weighted by molar-refractivity contribution is 0.0698. The van der Waals surface area contributed by atoms with Gasteiger partial charge in [0.05, 0.1) is 11.3 Å². The number of fused-ring (bicyclic) bond motifs is 1. The number of thioether (sulfide) groups is 1. The van der Waals surface area contributed by atoms with E-state index in [1.807, 2.05) is 24.3 Å². The molecule has 0 bridgehead atoms. The maximum absolute atomic E-state index is 13.0. The van der Waals surface area contributed by atoms with Crippen LogP contribution in [0.4, 0.5) is 5.69 Å². The second kappa shape index (κ2) is 9.49. The van der Waals surface area contributed by atoms with Crippen LogP contribution in [0, 0.1) is 0 Å². The molecule has 2 N–H and O–H groups in total. The zero-order valence-corrected chi connectivity index (χ0v) is 17.8. The van der Waals surface area contributed by atoms with Gasteiger partial charge in [0.15, 0.2) is 5.78 Å². The number of amides is 1. The van der Waals surface area contributed by atoms with Crippen LogP contribution in [0.5, 0.6) is 0 Å². The van der Waals surface area contributed by atoms with Gasteiger partial charge >= 0.3 is 5.97 Å². The summed E-state index contributed by atoms with van der Waals surface area (Å²) in [7, 11) is 0. The summed E-state index contributed by atoms with van der Waals surface area (Å²) in [6.07, 6.45) is 0. The maximum Gasteiger partial charge on any atom is 0.336 e. The first-order valence-electron chi connectivity index (χ1n) is 9.90. The zero-order valence-electron chi connectivity index (χ0n) is 16.9. The predicted molar refractivity (Wildman–Crippen MR) is 127 cm³/mol. The molecule has 0 aliphatic rings. The molecular formula is C26H19NO4S. The van der Waals surface area contributed by atoms with E-state index in [2.05, 4.69) is 5.32 Å². The van der Waals surface area contributed by atoms with Gasteiger partial charge in [-0.3, -0.25) is 9.59 Å². The van der Waals surface area contributed by atoms with Gasteiger partial charge in [-0.05, 0) is 35.7 Å². The highest BCUT2D eigenvalue weighted by Gasteiger charge is 2.17. The Balaban J connectivity index is 1.52. The van der Waals surface area contributed by atoms with E-state index >= 15 is 0 Å². The molecule has 0 fully saturated rings. The Morgan fingerprint density at radius 1 is 0.781 bits per heavy atom. The Labute approximate surface area is 189 Å². The summed E-state index contributed by atoms with van der Waals surface area (Å²) in [6, 6.07) is 26.4. The molecule has 0 saturated heterocycles. The largest absolute Gasteiger partial charge is 0.478 e. The maximum atomic E-state index is 13.0. The third kappa shape index (κ3) is 4.71. The fraction of sp³-hybridized carbons (Fsp3) is 0.0385. The second-order valence-electron chi connectivity index (χ2n) is 7.07. The van der Waals surface area contributed by atoms with E-state index in [0.717, 1.165) is 4.90 Å². The number of hydrogen-bond donors (Lipinski definition) is 2. The van der Waals surface area contributed by atoms with E-state index < -0.39 is 11.9 Å². The molecule has 0 radical (unpaired) electrons. The van der Waals surface area contributed by atoms with Crippen LogP contribution in [0.25, 0.3) is 10.8 Å². The average molecular weight is 442 g/mol. The first-order valence-corrected chi connectivity index (χ1v) is 10.9. The van der Waals surface area contributed by atoms with Crippen LogP contribution in [-0.2, 0) is 0 Å².